The maximum absolute atomic E-state index is 12.1. The zero-order chi connectivity index (χ0) is 9.19. The van der Waals surface area contributed by atoms with Gasteiger partial charge in [-0.2, -0.15) is 13.2 Å². The molecular formula is C9H8F3. The molecular weight excluding hydrogens is 165 g/mol. The van der Waals surface area contributed by atoms with E-state index in [0.29, 0.717) is 0 Å². The summed E-state index contributed by atoms with van der Waals surface area (Å²) >= 11 is 0. The third kappa shape index (κ3) is 2.00. The highest BCUT2D eigenvalue weighted by atomic mass is 19.4. The Bertz CT molecular complexity index is 238. The smallest absolute Gasteiger partial charge is 0.170 e. The van der Waals surface area contributed by atoms with Gasteiger partial charge in [-0.1, -0.05) is 24.3 Å². The number of benzene rings is 1. The second kappa shape index (κ2) is 3.17. The molecule has 0 aliphatic carbocycles. The fourth-order valence-corrected chi connectivity index (χ4v) is 0.877. The van der Waals surface area contributed by atoms with Crippen molar-refractivity contribution in [1.82, 2.24) is 0 Å². The van der Waals surface area contributed by atoms with Crippen LogP contribution >= 0.6 is 0 Å². The van der Waals surface area contributed by atoms with E-state index in [-0.39, 0.29) is 5.56 Å². The SMILES string of the molecule is C[C@@H](c1cc[c]cc1)C(F)(F)F. The molecule has 0 bridgehead atoms. The van der Waals surface area contributed by atoms with Gasteiger partial charge >= 0.3 is 6.18 Å². The van der Waals surface area contributed by atoms with Crippen molar-refractivity contribution in [2.45, 2.75) is 19.0 Å². The maximum Gasteiger partial charge on any atom is 0.395 e. The van der Waals surface area contributed by atoms with Crippen LogP contribution in [0.15, 0.2) is 24.3 Å². The van der Waals surface area contributed by atoms with Gasteiger partial charge in [-0.3, -0.25) is 0 Å². The molecule has 0 spiro atoms. The molecule has 1 aromatic carbocycles. The lowest BCUT2D eigenvalue weighted by Crippen LogP contribution is -2.17. The first kappa shape index (κ1) is 9.10. The summed E-state index contributed by atoms with van der Waals surface area (Å²) in [5, 5.41) is 0. The van der Waals surface area contributed by atoms with E-state index >= 15 is 0 Å². The first-order valence-electron chi connectivity index (χ1n) is 3.54. The average molecular weight is 173 g/mol. The van der Waals surface area contributed by atoms with Crippen LogP contribution in [0.4, 0.5) is 13.2 Å². The lowest BCUT2D eigenvalue weighted by Gasteiger charge is -2.15. The van der Waals surface area contributed by atoms with Crippen molar-refractivity contribution in [1.29, 1.82) is 0 Å². The minimum atomic E-state index is -4.15. The van der Waals surface area contributed by atoms with E-state index in [4.69, 9.17) is 0 Å². The maximum atomic E-state index is 12.1. The van der Waals surface area contributed by atoms with Crippen molar-refractivity contribution < 1.29 is 13.2 Å². The lowest BCUT2D eigenvalue weighted by atomic mass is 10.0. The standard InChI is InChI=1S/C9H8F3/c1-7(9(10,11)12)8-5-3-2-4-6-8/h3-7H,1H3/t7-/m0/s1. The highest BCUT2D eigenvalue weighted by Crippen LogP contribution is 2.33. The summed E-state index contributed by atoms with van der Waals surface area (Å²) in [6, 6.07) is 8.50. The van der Waals surface area contributed by atoms with E-state index in [1.165, 1.54) is 24.3 Å². The van der Waals surface area contributed by atoms with Crippen LogP contribution in [-0.2, 0) is 0 Å². The van der Waals surface area contributed by atoms with Crippen LogP contribution < -0.4 is 0 Å². The summed E-state index contributed by atoms with van der Waals surface area (Å²) in [5.41, 5.74) is 0.279. The van der Waals surface area contributed by atoms with Crippen molar-refractivity contribution >= 4 is 0 Å². The van der Waals surface area contributed by atoms with Crippen molar-refractivity contribution in [3.8, 4) is 0 Å². The zero-order valence-electron chi connectivity index (χ0n) is 6.52. The molecule has 0 saturated heterocycles. The predicted octanol–water partition coefficient (Wildman–Crippen LogP) is 3.15. The fourth-order valence-electron chi connectivity index (χ4n) is 0.877. The van der Waals surface area contributed by atoms with Crippen LogP contribution in [-0.4, -0.2) is 6.18 Å². The van der Waals surface area contributed by atoms with Crippen LogP contribution in [0, 0.1) is 6.07 Å². The third-order valence-electron chi connectivity index (χ3n) is 1.74. The predicted molar refractivity (Wildman–Crippen MR) is 39.7 cm³/mol. The molecule has 0 N–H and O–H groups in total. The molecule has 0 heterocycles. The Balaban J connectivity index is 2.86. The lowest BCUT2D eigenvalue weighted by molar-refractivity contribution is -0.146. The van der Waals surface area contributed by atoms with Crippen LogP contribution in [0.3, 0.4) is 0 Å². The van der Waals surface area contributed by atoms with E-state index in [1.807, 2.05) is 0 Å². The van der Waals surface area contributed by atoms with E-state index in [9.17, 15) is 13.2 Å². The topological polar surface area (TPSA) is 0 Å². The molecule has 1 aromatic rings. The third-order valence-corrected chi connectivity index (χ3v) is 1.74. The molecule has 0 saturated carbocycles. The van der Waals surface area contributed by atoms with Gasteiger partial charge in [0.15, 0.2) is 0 Å². The van der Waals surface area contributed by atoms with E-state index in [1.54, 1.807) is 0 Å². The molecule has 0 unspecified atom stereocenters. The van der Waals surface area contributed by atoms with Gasteiger partial charge in [0, 0.05) is 0 Å². The highest BCUT2D eigenvalue weighted by Gasteiger charge is 2.36. The summed E-state index contributed by atoms with van der Waals surface area (Å²) in [7, 11) is 0. The molecule has 0 fully saturated rings. The van der Waals surface area contributed by atoms with E-state index in [2.05, 4.69) is 6.07 Å². The van der Waals surface area contributed by atoms with Gasteiger partial charge in [0.2, 0.25) is 0 Å². The quantitative estimate of drug-likeness (QED) is 0.612. The summed E-state index contributed by atoms with van der Waals surface area (Å²) < 4.78 is 36.4. The Morgan fingerprint density at radius 3 is 2.17 bits per heavy atom. The molecule has 1 atom stereocenters. The van der Waals surface area contributed by atoms with Gasteiger partial charge in [-0.15, -0.1) is 0 Å². The monoisotopic (exact) mass is 173 g/mol. The van der Waals surface area contributed by atoms with Gasteiger partial charge in [0.25, 0.3) is 0 Å². The second-order valence-electron chi connectivity index (χ2n) is 2.60. The minimum Gasteiger partial charge on any atom is -0.170 e. The molecule has 1 radical (unpaired) electrons. The normalized spacial score (nSPS) is 14.3. The molecule has 0 nitrogen and oxygen atoms in total. The molecule has 0 aromatic heterocycles. The zero-order valence-corrected chi connectivity index (χ0v) is 6.52. The van der Waals surface area contributed by atoms with Crippen molar-refractivity contribution in [3.63, 3.8) is 0 Å². The number of halogens is 3. The molecule has 3 heteroatoms. The molecule has 0 aliphatic rings. The van der Waals surface area contributed by atoms with Gasteiger partial charge < -0.3 is 0 Å². The van der Waals surface area contributed by atoms with Crippen LogP contribution in [0.5, 0.6) is 0 Å². The van der Waals surface area contributed by atoms with Crippen molar-refractivity contribution in [3.05, 3.63) is 35.9 Å². The van der Waals surface area contributed by atoms with Gasteiger partial charge in [0.1, 0.15) is 0 Å². The summed E-state index contributed by atoms with van der Waals surface area (Å²) in [5.74, 6) is -1.40. The summed E-state index contributed by atoms with van der Waals surface area (Å²) in [6.45, 7) is 1.15. The fraction of sp³-hybridized carbons (Fsp3) is 0.333. The Morgan fingerprint density at radius 1 is 1.25 bits per heavy atom. The van der Waals surface area contributed by atoms with E-state index < -0.39 is 12.1 Å². The number of hydrogen-bond acceptors (Lipinski definition) is 0. The average Bonchev–Trinajstić information content (AvgIpc) is 2.03. The number of alkyl halides is 3. The van der Waals surface area contributed by atoms with E-state index in [0.717, 1.165) is 6.92 Å². The van der Waals surface area contributed by atoms with Crippen LogP contribution in [0.25, 0.3) is 0 Å². The second-order valence-corrected chi connectivity index (χ2v) is 2.60. The summed E-state index contributed by atoms with van der Waals surface area (Å²) in [6.07, 6.45) is -4.15. The van der Waals surface area contributed by atoms with Crippen LogP contribution in [0.2, 0.25) is 0 Å². The Hall–Kier alpha value is -0.990. The van der Waals surface area contributed by atoms with Crippen molar-refractivity contribution in [2.75, 3.05) is 0 Å². The van der Waals surface area contributed by atoms with Gasteiger partial charge in [-0.05, 0) is 18.6 Å². The Kier molecular flexibility index (Phi) is 2.40. The number of rotatable bonds is 1. The molecule has 1 rings (SSSR count). The molecule has 12 heavy (non-hydrogen) atoms. The molecule has 65 valence electrons. The van der Waals surface area contributed by atoms with Gasteiger partial charge in [-0.25, -0.2) is 0 Å². The van der Waals surface area contributed by atoms with Crippen LogP contribution in [0.1, 0.15) is 18.4 Å². The minimum absolute atomic E-state index is 0.279. The molecule has 0 aliphatic heterocycles. The largest absolute Gasteiger partial charge is 0.395 e. The Labute approximate surface area is 69.0 Å². The Morgan fingerprint density at radius 2 is 1.75 bits per heavy atom. The first-order chi connectivity index (χ1) is 5.52. The van der Waals surface area contributed by atoms with Gasteiger partial charge in [0.05, 0.1) is 5.92 Å². The van der Waals surface area contributed by atoms with Crippen molar-refractivity contribution in [2.24, 2.45) is 0 Å². The molecule has 0 amide bonds. The number of hydrogen-bond donors (Lipinski definition) is 0. The highest BCUT2D eigenvalue weighted by molar-refractivity contribution is 5.19. The summed E-state index contributed by atoms with van der Waals surface area (Å²) in [4.78, 5) is 0. The first-order valence-corrected chi connectivity index (χ1v) is 3.54.